The predicted molar refractivity (Wildman–Crippen MR) is 82.9 cm³/mol. The van der Waals surface area contributed by atoms with E-state index in [0.717, 1.165) is 30.4 Å². The van der Waals surface area contributed by atoms with Gasteiger partial charge in [0.2, 0.25) is 0 Å². The van der Waals surface area contributed by atoms with Crippen LogP contribution >= 0.6 is 11.6 Å². The van der Waals surface area contributed by atoms with E-state index in [1.807, 2.05) is 24.3 Å². The molecule has 2 aromatic carbocycles. The van der Waals surface area contributed by atoms with Crippen LogP contribution in [0.15, 0.2) is 42.5 Å². The summed E-state index contributed by atoms with van der Waals surface area (Å²) in [5, 5.41) is 10.9. The molecule has 2 atom stereocenters. The molecular formula is C18H18ClFO. The first-order valence-corrected chi connectivity index (χ1v) is 7.73. The third kappa shape index (κ3) is 2.97. The second-order valence-corrected chi connectivity index (χ2v) is 6.09. The van der Waals surface area contributed by atoms with E-state index in [1.54, 1.807) is 6.07 Å². The topological polar surface area (TPSA) is 20.2 Å². The zero-order valence-electron chi connectivity index (χ0n) is 11.7. The van der Waals surface area contributed by atoms with E-state index in [0.29, 0.717) is 6.42 Å². The SMILES string of the molecule is OC1c2ccccc2CCCC1Cc1cccc(F)c1Cl. The average molecular weight is 305 g/mol. The van der Waals surface area contributed by atoms with Crippen molar-refractivity contribution in [2.75, 3.05) is 0 Å². The van der Waals surface area contributed by atoms with Gasteiger partial charge in [-0.05, 0) is 54.4 Å². The molecule has 2 aromatic rings. The zero-order chi connectivity index (χ0) is 14.8. The Hall–Kier alpha value is -1.38. The summed E-state index contributed by atoms with van der Waals surface area (Å²) in [6.45, 7) is 0. The highest BCUT2D eigenvalue weighted by molar-refractivity contribution is 6.31. The van der Waals surface area contributed by atoms with E-state index in [9.17, 15) is 9.50 Å². The maximum atomic E-state index is 13.6. The van der Waals surface area contributed by atoms with Crippen molar-refractivity contribution in [2.45, 2.75) is 31.8 Å². The van der Waals surface area contributed by atoms with Crippen molar-refractivity contribution in [3.63, 3.8) is 0 Å². The van der Waals surface area contributed by atoms with Crippen molar-refractivity contribution in [3.05, 3.63) is 70.0 Å². The van der Waals surface area contributed by atoms with Gasteiger partial charge in [0.05, 0.1) is 11.1 Å². The van der Waals surface area contributed by atoms with Crippen LogP contribution in [0.3, 0.4) is 0 Å². The Kier molecular flexibility index (Phi) is 4.27. The third-order valence-electron chi connectivity index (χ3n) is 4.35. The van der Waals surface area contributed by atoms with Gasteiger partial charge in [-0.2, -0.15) is 0 Å². The van der Waals surface area contributed by atoms with Crippen LogP contribution in [0.1, 0.15) is 35.6 Å². The Morgan fingerprint density at radius 1 is 1.14 bits per heavy atom. The largest absolute Gasteiger partial charge is 0.388 e. The van der Waals surface area contributed by atoms with Crippen molar-refractivity contribution in [2.24, 2.45) is 5.92 Å². The summed E-state index contributed by atoms with van der Waals surface area (Å²) >= 11 is 6.04. The molecule has 1 aliphatic rings. The number of fused-ring (bicyclic) bond motifs is 1. The standard InChI is InChI=1S/C18H18ClFO/c19-17-13(7-4-10-16(17)20)11-14-8-3-6-12-5-1-2-9-15(12)18(14)21/h1-2,4-5,7,9-10,14,18,21H,3,6,8,11H2. The summed E-state index contributed by atoms with van der Waals surface area (Å²) in [7, 11) is 0. The van der Waals surface area contributed by atoms with Crippen LogP contribution in [0.5, 0.6) is 0 Å². The maximum absolute atomic E-state index is 13.6. The van der Waals surface area contributed by atoms with E-state index in [2.05, 4.69) is 6.07 Å². The lowest BCUT2D eigenvalue weighted by atomic mass is 9.88. The molecule has 1 aliphatic carbocycles. The molecule has 0 radical (unpaired) electrons. The minimum Gasteiger partial charge on any atom is -0.388 e. The van der Waals surface area contributed by atoms with Gasteiger partial charge in [0, 0.05) is 0 Å². The molecule has 0 aromatic heterocycles. The van der Waals surface area contributed by atoms with Gasteiger partial charge in [0.25, 0.3) is 0 Å². The first-order valence-electron chi connectivity index (χ1n) is 7.35. The number of benzene rings is 2. The van der Waals surface area contributed by atoms with Crippen molar-refractivity contribution in [1.82, 2.24) is 0 Å². The summed E-state index contributed by atoms with van der Waals surface area (Å²) in [6, 6.07) is 12.9. The van der Waals surface area contributed by atoms with Crippen molar-refractivity contribution >= 4 is 11.6 Å². The van der Waals surface area contributed by atoms with Crippen LogP contribution in [0.4, 0.5) is 4.39 Å². The Bertz CT molecular complexity index is 641. The maximum Gasteiger partial charge on any atom is 0.142 e. The monoisotopic (exact) mass is 304 g/mol. The van der Waals surface area contributed by atoms with Crippen molar-refractivity contribution < 1.29 is 9.50 Å². The van der Waals surface area contributed by atoms with E-state index in [-0.39, 0.29) is 10.9 Å². The summed E-state index contributed by atoms with van der Waals surface area (Å²) in [5.74, 6) is -0.314. The molecule has 0 amide bonds. The Labute approximate surface area is 129 Å². The molecule has 3 heteroatoms. The fourth-order valence-corrected chi connectivity index (χ4v) is 3.42. The number of aryl methyl sites for hydroxylation is 1. The first kappa shape index (κ1) is 14.6. The number of hydrogen-bond donors (Lipinski definition) is 1. The van der Waals surface area contributed by atoms with E-state index < -0.39 is 11.9 Å². The number of hydrogen-bond acceptors (Lipinski definition) is 1. The summed E-state index contributed by atoms with van der Waals surface area (Å²) in [6.07, 6.45) is 3.03. The fraction of sp³-hybridized carbons (Fsp3) is 0.333. The van der Waals surface area contributed by atoms with Gasteiger partial charge in [-0.1, -0.05) is 48.0 Å². The summed E-state index contributed by atoms with van der Waals surface area (Å²) < 4.78 is 13.6. The average Bonchev–Trinajstić information content (AvgIpc) is 2.65. The number of halogens is 2. The lowest BCUT2D eigenvalue weighted by molar-refractivity contribution is 0.105. The van der Waals surface area contributed by atoms with Gasteiger partial charge in [0.15, 0.2) is 0 Å². The smallest absolute Gasteiger partial charge is 0.142 e. The molecular weight excluding hydrogens is 287 g/mol. The molecule has 0 bridgehead atoms. The normalized spacial score (nSPS) is 21.7. The van der Waals surface area contributed by atoms with E-state index >= 15 is 0 Å². The minimum absolute atomic E-state index is 0.0768. The van der Waals surface area contributed by atoms with Crippen LogP contribution in [0.25, 0.3) is 0 Å². The van der Waals surface area contributed by atoms with Crippen molar-refractivity contribution in [3.8, 4) is 0 Å². The van der Waals surface area contributed by atoms with Gasteiger partial charge >= 0.3 is 0 Å². The second-order valence-electron chi connectivity index (χ2n) is 5.71. The van der Waals surface area contributed by atoms with Crippen LogP contribution in [-0.2, 0) is 12.8 Å². The quantitative estimate of drug-likeness (QED) is 0.797. The van der Waals surface area contributed by atoms with Crippen LogP contribution < -0.4 is 0 Å². The molecule has 0 spiro atoms. The van der Waals surface area contributed by atoms with E-state index in [4.69, 9.17) is 11.6 Å². The first-order chi connectivity index (χ1) is 10.2. The lowest BCUT2D eigenvalue weighted by Crippen LogP contribution is -2.15. The molecule has 1 N–H and O–H groups in total. The molecule has 21 heavy (non-hydrogen) atoms. The molecule has 1 nitrogen and oxygen atoms in total. The molecule has 0 fully saturated rings. The molecule has 0 aliphatic heterocycles. The number of aliphatic hydroxyl groups excluding tert-OH is 1. The van der Waals surface area contributed by atoms with Crippen LogP contribution in [0, 0.1) is 11.7 Å². The molecule has 0 heterocycles. The number of rotatable bonds is 2. The van der Waals surface area contributed by atoms with Crippen LogP contribution in [0.2, 0.25) is 5.02 Å². The highest BCUT2D eigenvalue weighted by Gasteiger charge is 2.26. The predicted octanol–water partition coefficient (Wildman–Crippen LogP) is 4.71. The van der Waals surface area contributed by atoms with Gasteiger partial charge in [0.1, 0.15) is 5.82 Å². The molecule has 2 unspecified atom stereocenters. The molecule has 110 valence electrons. The summed E-state index contributed by atoms with van der Waals surface area (Å²) in [5.41, 5.74) is 3.01. The Morgan fingerprint density at radius 2 is 1.95 bits per heavy atom. The molecule has 3 rings (SSSR count). The number of aliphatic hydroxyl groups is 1. The lowest BCUT2D eigenvalue weighted by Gasteiger charge is -2.22. The van der Waals surface area contributed by atoms with Gasteiger partial charge in [-0.25, -0.2) is 4.39 Å². The third-order valence-corrected chi connectivity index (χ3v) is 4.78. The second kappa shape index (κ2) is 6.17. The van der Waals surface area contributed by atoms with Crippen molar-refractivity contribution in [1.29, 1.82) is 0 Å². The summed E-state index contributed by atoms with van der Waals surface area (Å²) in [4.78, 5) is 0. The highest BCUT2D eigenvalue weighted by Crippen LogP contribution is 2.36. The minimum atomic E-state index is -0.511. The van der Waals surface area contributed by atoms with Gasteiger partial charge in [-0.3, -0.25) is 0 Å². The Balaban J connectivity index is 1.88. The molecule has 0 saturated heterocycles. The zero-order valence-corrected chi connectivity index (χ0v) is 12.5. The van der Waals surface area contributed by atoms with Gasteiger partial charge in [-0.15, -0.1) is 0 Å². The van der Waals surface area contributed by atoms with Crippen LogP contribution in [-0.4, -0.2) is 5.11 Å². The van der Waals surface area contributed by atoms with E-state index in [1.165, 1.54) is 11.6 Å². The highest BCUT2D eigenvalue weighted by atomic mass is 35.5. The molecule has 0 saturated carbocycles. The Morgan fingerprint density at radius 3 is 2.81 bits per heavy atom. The fourth-order valence-electron chi connectivity index (χ4n) is 3.22. The van der Waals surface area contributed by atoms with Gasteiger partial charge < -0.3 is 5.11 Å².